The maximum absolute atomic E-state index is 13.0. The Morgan fingerprint density at radius 3 is 2.64 bits per heavy atom. The minimum absolute atomic E-state index is 0.265. The highest BCUT2D eigenvalue weighted by molar-refractivity contribution is 7.99. The maximum atomic E-state index is 13.0. The average Bonchev–Trinajstić information content (AvgIpc) is 3.42. The van der Waals surface area contributed by atoms with E-state index in [1.807, 2.05) is 48.5 Å². The fraction of sp³-hybridized carbons (Fsp3) is 0.250. The molecule has 4 aromatic rings. The highest BCUT2D eigenvalue weighted by Crippen LogP contribution is 2.38. The van der Waals surface area contributed by atoms with Gasteiger partial charge in [-0.25, -0.2) is 19.7 Å². The number of nitrogen functional groups attached to an aromatic ring is 1. The van der Waals surface area contributed by atoms with Crippen molar-refractivity contribution < 1.29 is 14.7 Å². The van der Waals surface area contributed by atoms with E-state index in [0.29, 0.717) is 47.9 Å². The molecule has 0 spiro atoms. The van der Waals surface area contributed by atoms with Gasteiger partial charge in [0.05, 0.1) is 11.1 Å². The normalized spacial score (nSPS) is 15.1. The summed E-state index contributed by atoms with van der Waals surface area (Å²) >= 11 is 1.54. The van der Waals surface area contributed by atoms with E-state index in [4.69, 9.17) is 5.73 Å². The number of rotatable bonds is 7. The van der Waals surface area contributed by atoms with Crippen LogP contribution in [0.3, 0.4) is 0 Å². The number of benzene rings is 2. The Morgan fingerprint density at radius 1 is 1.10 bits per heavy atom. The zero-order valence-corrected chi connectivity index (χ0v) is 22.4. The number of nitrogens with two attached hydrogens (primary N) is 1. The number of aromatic nitrogens is 3. The second-order valence-electron chi connectivity index (χ2n) is 9.61. The third-order valence-corrected chi connectivity index (χ3v) is 7.60. The second-order valence-corrected chi connectivity index (χ2v) is 10.7. The molecule has 1 aliphatic rings. The molecule has 0 bridgehead atoms. The van der Waals surface area contributed by atoms with Crippen LogP contribution in [0.2, 0.25) is 0 Å². The molecule has 0 saturated carbocycles. The molecule has 200 valence electrons. The molecule has 5 rings (SSSR count). The standard InChI is InChI=1S/C28H29N7O3S/c1-16(2)21-11-10-20-25(33-21)30-15-31-26(20)34-22-14-18(32-27(36)23-4-3-13-35(23)28(37)38)7-12-24(22)39-19-8-5-17(29)6-9-19/h5-12,14-16,23H,3-4,13,29H2,1-2H3,(H,32,36)(H,37,38)(H,30,31,33,34). The van der Waals surface area contributed by atoms with Crippen molar-refractivity contribution in [2.24, 2.45) is 0 Å². The van der Waals surface area contributed by atoms with Crippen molar-refractivity contribution in [3.05, 3.63) is 66.6 Å². The Balaban J connectivity index is 1.48. The summed E-state index contributed by atoms with van der Waals surface area (Å²) in [5.74, 6) is 0.497. The van der Waals surface area contributed by atoms with Crippen molar-refractivity contribution in [3.8, 4) is 0 Å². The van der Waals surface area contributed by atoms with Gasteiger partial charge in [0.15, 0.2) is 5.65 Å². The monoisotopic (exact) mass is 543 g/mol. The molecule has 2 aromatic heterocycles. The number of hydrogen-bond donors (Lipinski definition) is 4. The van der Waals surface area contributed by atoms with Gasteiger partial charge in [0.2, 0.25) is 5.91 Å². The first-order valence-corrected chi connectivity index (χ1v) is 13.5. The van der Waals surface area contributed by atoms with Crippen LogP contribution in [0, 0.1) is 0 Å². The number of nitrogens with one attached hydrogen (secondary N) is 2. The fourth-order valence-corrected chi connectivity index (χ4v) is 5.34. The SMILES string of the molecule is CC(C)c1ccc2c(Nc3cc(NC(=O)C4CCCN4C(=O)O)ccc3Sc3ccc(N)cc3)ncnc2n1. The van der Waals surface area contributed by atoms with E-state index in [-0.39, 0.29) is 11.8 Å². The van der Waals surface area contributed by atoms with Crippen LogP contribution in [0.15, 0.2) is 70.7 Å². The number of amides is 2. The number of fused-ring (bicyclic) bond motifs is 1. The maximum Gasteiger partial charge on any atom is 0.407 e. The lowest BCUT2D eigenvalue weighted by atomic mass is 10.1. The molecule has 1 aliphatic heterocycles. The Labute approximate surface area is 230 Å². The van der Waals surface area contributed by atoms with Crippen molar-refractivity contribution >= 4 is 57.7 Å². The fourth-order valence-electron chi connectivity index (χ4n) is 4.46. The number of carbonyl (C=O) groups is 2. The zero-order valence-electron chi connectivity index (χ0n) is 21.6. The summed E-state index contributed by atoms with van der Waals surface area (Å²) in [5.41, 5.74) is 9.32. The minimum atomic E-state index is -1.09. The molecule has 2 amide bonds. The van der Waals surface area contributed by atoms with Gasteiger partial charge in [0.1, 0.15) is 18.2 Å². The molecule has 1 fully saturated rings. The highest BCUT2D eigenvalue weighted by atomic mass is 32.2. The van der Waals surface area contributed by atoms with Gasteiger partial charge >= 0.3 is 6.09 Å². The first kappa shape index (κ1) is 26.2. The highest BCUT2D eigenvalue weighted by Gasteiger charge is 2.34. The summed E-state index contributed by atoms with van der Waals surface area (Å²) in [6.07, 6.45) is 1.53. The second kappa shape index (κ2) is 11.2. The number of anilines is 4. The molecule has 3 heterocycles. The summed E-state index contributed by atoms with van der Waals surface area (Å²) in [5, 5.41) is 16.5. The van der Waals surface area contributed by atoms with Crippen molar-refractivity contribution in [2.75, 3.05) is 22.9 Å². The molecule has 5 N–H and O–H groups in total. The Kier molecular flexibility index (Phi) is 7.51. The van der Waals surface area contributed by atoms with Crippen molar-refractivity contribution in [3.63, 3.8) is 0 Å². The van der Waals surface area contributed by atoms with Gasteiger partial charge in [0, 0.05) is 33.4 Å². The van der Waals surface area contributed by atoms with Crippen molar-refractivity contribution in [1.82, 2.24) is 19.9 Å². The smallest absolute Gasteiger partial charge is 0.407 e. The lowest BCUT2D eigenvalue weighted by molar-refractivity contribution is -0.119. The molecular formula is C28H29N7O3S. The number of carbonyl (C=O) groups excluding carboxylic acids is 1. The third-order valence-electron chi connectivity index (χ3n) is 6.52. The Morgan fingerprint density at radius 2 is 1.90 bits per heavy atom. The predicted molar refractivity (Wildman–Crippen MR) is 153 cm³/mol. The van der Waals surface area contributed by atoms with Crippen LogP contribution < -0.4 is 16.4 Å². The van der Waals surface area contributed by atoms with Gasteiger partial charge in [-0.3, -0.25) is 9.69 Å². The van der Waals surface area contributed by atoms with Crippen molar-refractivity contribution in [1.29, 1.82) is 0 Å². The summed E-state index contributed by atoms with van der Waals surface area (Å²) in [6.45, 7) is 4.51. The average molecular weight is 544 g/mol. The third kappa shape index (κ3) is 5.88. The first-order valence-electron chi connectivity index (χ1n) is 12.6. The molecule has 2 aromatic carbocycles. The molecule has 10 nitrogen and oxygen atoms in total. The Hall–Kier alpha value is -4.38. The van der Waals surface area contributed by atoms with E-state index >= 15 is 0 Å². The topological polar surface area (TPSA) is 146 Å². The number of nitrogens with zero attached hydrogens (tertiary/aromatic N) is 4. The molecule has 1 saturated heterocycles. The van der Waals surface area contributed by atoms with Gasteiger partial charge in [0.25, 0.3) is 0 Å². The van der Waals surface area contributed by atoms with Gasteiger partial charge < -0.3 is 21.5 Å². The van der Waals surface area contributed by atoms with Crippen LogP contribution in [0.5, 0.6) is 0 Å². The molecular weight excluding hydrogens is 514 g/mol. The van der Waals surface area contributed by atoms with Gasteiger partial charge in [-0.2, -0.15) is 0 Å². The molecule has 0 aliphatic carbocycles. The molecule has 11 heteroatoms. The van der Waals surface area contributed by atoms with Crippen LogP contribution in [0.4, 0.5) is 27.7 Å². The summed E-state index contributed by atoms with van der Waals surface area (Å²) in [4.78, 5) is 41.1. The molecule has 1 unspecified atom stereocenters. The van der Waals surface area contributed by atoms with Gasteiger partial charge in [-0.1, -0.05) is 25.6 Å². The van der Waals surface area contributed by atoms with Crippen LogP contribution in [-0.4, -0.2) is 49.5 Å². The largest absolute Gasteiger partial charge is 0.465 e. The number of hydrogen-bond acceptors (Lipinski definition) is 8. The molecule has 39 heavy (non-hydrogen) atoms. The van der Waals surface area contributed by atoms with E-state index in [1.54, 1.807) is 6.07 Å². The quantitative estimate of drug-likeness (QED) is 0.215. The lowest BCUT2D eigenvalue weighted by Gasteiger charge is -2.21. The summed E-state index contributed by atoms with van der Waals surface area (Å²) in [6, 6.07) is 16.3. The van der Waals surface area contributed by atoms with E-state index in [9.17, 15) is 14.7 Å². The van der Waals surface area contributed by atoms with Crippen LogP contribution in [0.1, 0.15) is 38.3 Å². The number of pyridine rings is 1. The van der Waals surface area contributed by atoms with E-state index in [2.05, 4.69) is 39.4 Å². The Bertz CT molecular complexity index is 1530. The number of likely N-dealkylation sites (tertiary alicyclic amines) is 1. The number of carboxylic acid groups (broad SMARTS) is 1. The van der Waals surface area contributed by atoms with Crippen LogP contribution in [-0.2, 0) is 4.79 Å². The minimum Gasteiger partial charge on any atom is -0.465 e. The predicted octanol–water partition coefficient (Wildman–Crippen LogP) is 5.71. The lowest BCUT2D eigenvalue weighted by Crippen LogP contribution is -2.42. The van der Waals surface area contributed by atoms with E-state index < -0.39 is 12.1 Å². The molecule has 1 atom stereocenters. The summed E-state index contributed by atoms with van der Waals surface area (Å²) < 4.78 is 0. The van der Waals surface area contributed by atoms with Crippen LogP contribution >= 0.6 is 11.8 Å². The van der Waals surface area contributed by atoms with Gasteiger partial charge in [-0.15, -0.1) is 0 Å². The summed E-state index contributed by atoms with van der Waals surface area (Å²) in [7, 11) is 0. The molecule has 0 radical (unpaired) electrons. The van der Waals surface area contributed by atoms with E-state index in [0.717, 1.165) is 20.9 Å². The van der Waals surface area contributed by atoms with Gasteiger partial charge in [-0.05, 0) is 73.4 Å². The van der Waals surface area contributed by atoms with E-state index in [1.165, 1.54) is 23.0 Å². The zero-order chi connectivity index (χ0) is 27.5. The first-order chi connectivity index (χ1) is 18.8. The van der Waals surface area contributed by atoms with Crippen molar-refractivity contribution in [2.45, 2.75) is 48.4 Å². The van der Waals surface area contributed by atoms with Crippen LogP contribution in [0.25, 0.3) is 11.0 Å².